The van der Waals surface area contributed by atoms with Gasteiger partial charge >= 0.3 is 6.16 Å². The molecule has 0 bridgehead atoms. The lowest BCUT2D eigenvalue weighted by atomic mass is 10.2. The predicted octanol–water partition coefficient (Wildman–Crippen LogP) is 3.21. The first-order chi connectivity index (χ1) is 8.90. The van der Waals surface area contributed by atoms with Crippen LogP contribution < -0.4 is 0 Å². The Hall–Kier alpha value is -1.78. The molecule has 5 heteroatoms. The maximum atomic E-state index is 11.2. The van der Waals surface area contributed by atoms with Crippen molar-refractivity contribution in [3.63, 3.8) is 0 Å². The number of ether oxygens (including phenoxy) is 3. The molecule has 0 aromatic carbocycles. The van der Waals surface area contributed by atoms with Gasteiger partial charge in [-0.2, -0.15) is 0 Å². The van der Waals surface area contributed by atoms with Gasteiger partial charge in [-0.25, -0.2) is 4.79 Å². The fourth-order valence-corrected chi connectivity index (χ4v) is 1.05. The van der Waals surface area contributed by atoms with Crippen LogP contribution in [0.2, 0.25) is 0 Å². The molecular weight excluding hydrogens is 248 g/mol. The van der Waals surface area contributed by atoms with Gasteiger partial charge in [0.25, 0.3) is 0 Å². The molecule has 108 valence electrons. The Bertz CT molecular complexity index is 355. The van der Waals surface area contributed by atoms with Gasteiger partial charge in [-0.1, -0.05) is 19.9 Å². The maximum Gasteiger partial charge on any atom is 0.511 e. The van der Waals surface area contributed by atoms with Crippen molar-refractivity contribution < 1.29 is 23.8 Å². The normalized spacial score (nSPS) is 14.0. The first kappa shape index (κ1) is 17.2. The first-order valence-corrected chi connectivity index (χ1v) is 6.21. The molecule has 0 saturated heterocycles. The SMILES string of the molecule is CCOC(=O)O[C@H](O/C(C)=C/C=C(\C)C=O)C(C)C. The highest BCUT2D eigenvalue weighted by Crippen LogP contribution is 2.14. The largest absolute Gasteiger partial charge is 0.511 e. The van der Waals surface area contributed by atoms with Crippen LogP contribution in [0.4, 0.5) is 4.79 Å². The summed E-state index contributed by atoms with van der Waals surface area (Å²) >= 11 is 0. The van der Waals surface area contributed by atoms with Crippen molar-refractivity contribution in [3.8, 4) is 0 Å². The van der Waals surface area contributed by atoms with Gasteiger partial charge in [0, 0.05) is 5.92 Å². The van der Waals surface area contributed by atoms with E-state index in [1.165, 1.54) is 0 Å². The fraction of sp³-hybridized carbons (Fsp3) is 0.571. The number of carbonyl (C=O) groups is 2. The quantitative estimate of drug-likeness (QED) is 0.177. The zero-order chi connectivity index (χ0) is 14.8. The second kappa shape index (κ2) is 9.19. The third-order valence-electron chi connectivity index (χ3n) is 2.09. The molecular formula is C14H22O5. The highest BCUT2D eigenvalue weighted by atomic mass is 16.8. The van der Waals surface area contributed by atoms with Gasteiger partial charge in [0.1, 0.15) is 6.29 Å². The Morgan fingerprint density at radius 3 is 2.26 bits per heavy atom. The van der Waals surface area contributed by atoms with E-state index in [1.54, 1.807) is 32.9 Å². The van der Waals surface area contributed by atoms with Gasteiger partial charge < -0.3 is 14.2 Å². The summed E-state index contributed by atoms with van der Waals surface area (Å²) < 4.78 is 15.2. The van der Waals surface area contributed by atoms with E-state index in [2.05, 4.69) is 0 Å². The monoisotopic (exact) mass is 270 g/mol. The van der Waals surface area contributed by atoms with Gasteiger partial charge in [-0.15, -0.1) is 0 Å². The van der Waals surface area contributed by atoms with Crippen LogP contribution in [0.3, 0.4) is 0 Å². The van der Waals surface area contributed by atoms with Crippen molar-refractivity contribution in [2.24, 2.45) is 5.92 Å². The standard InChI is InChI=1S/C14H22O5/c1-6-17-14(16)19-13(10(2)3)18-12(5)8-7-11(4)9-15/h7-10,13H,6H2,1-5H3/b11-7+,12-8+/t13-/m0/s1. The number of rotatable bonds is 7. The summed E-state index contributed by atoms with van der Waals surface area (Å²) in [4.78, 5) is 21.7. The molecule has 5 nitrogen and oxygen atoms in total. The Morgan fingerprint density at radius 1 is 1.16 bits per heavy atom. The number of hydrogen-bond donors (Lipinski definition) is 0. The van der Waals surface area contributed by atoms with E-state index >= 15 is 0 Å². The van der Waals surface area contributed by atoms with Crippen LogP contribution in [0.25, 0.3) is 0 Å². The van der Waals surface area contributed by atoms with Gasteiger partial charge in [0.15, 0.2) is 0 Å². The molecule has 0 aliphatic heterocycles. The molecule has 0 aromatic heterocycles. The Morgan fingerprint density at radius 2 is 1.79 bits per heavy atom. The number of carbonyl (C=O) groups excluding carboxylic acids is 2. The highest BCUT2D eigenvalue weighted by molar-refractivity contribution is 5.72. The van der Waals surface area contributed by atoms with Crippen LogP contribution in [0.5, 0.6) is 0 Å². The summed E-state index contributed by atoms with van der Waals surface area (Å²) in [7, 11) is 0. The van der Waals surface area contributed by atoms with E-state index in [0.29, 0.717) is 11.3 Å². The highest BCUT2D eigenvalue weighted by Gasteiger charge is 2.20. The van der Waals surface area contributed by atoms with Crippen LogP contribution >= 0.6 is 0 Å². The van der Waals surface area contributed by atoms with Crippen LogP contribution in [0.1, 0.15) is 34.6 Å². The molecule has 0 heterocycles. The van der Waals surface area contributed by atoms with Crippen molar-refractivity contribution >= 4 is 12.4 Å². The average molecular weight is 270 g/mol. The van der Waals surface area contributed by atoms with Gasteiger partial charge in [-0.3, -0.25) is 4.79 Å². The molecule has 0 rings (SSSR count). The lowest BCUT2D eigenvalue weighted by molar-refractivity contribution is -0.119. The molecule has 0 radical (unpaired) electrons. The van der Waals surface area contributed by atoms with Crippen molar-refractivity contribution in [2.75, 3.05) is 6.61 Å². The summed E-state index contributed by atoms with van der Waals surface area (Å²) in [6, 6.07) is 0. The zero-order valence-electron chi connectivity index (χ0n) is 12.1. The molecule has 0 N–H and O–H groups in total. The third-order valence-corrected chi connectivity index (χ3v) is 2.09. The molecule has 0 fully saturated rings. The van der Waals surface area contributed by atoms with Crippen molar-refractivity contribution in [1.82, 2.24) is 0 Å². The predicted molar refractivity (Wildman–Crippen MR) is 71.4 cm³/mol. The number of aldehydes is 1. The lowest BCUT2D eigenvalue weighted by Crippen LogP contribution is -2.26. The Balaban J connectivity index is 4.58. The zero-order valence-corrected chi connectivity index (χ0v) is 12.1. The van der Waals surface area contributed by atoms with E-state index in [4.69, 9.17) is 14.2 Å². The maximum absolute atomic E-state index is 11.2. The van der Waals surface area contributed by atoms with E-state index in [-0.39, 0.29) is 12.5 Å². The third kappa shape index (κ3) is 8.02. The van der Waals surface area contributed by atoms with Gasteiger partial charge in [0.05, 0.1) is 12.4 Å². The minimum Gasteiger partial charge on any atom is -0.459 e. The Labute approximate surface area is 114 Å². The molecule has 0 saturated carbocycles. The smallest absolute Gasteiger partial charge is 0.459 e. The first-order valence-electron chi connectivity index (χ1n) is 6.21. The van der Waals surface area contributed by atoms with Crippen LogP contribution in [-0.4, -0.2) is 25.3 Å². The molecule has 1 atom stereocenters. The second-order valence-electron chi connectivity index (χ2n) is 4.34. The van der Waals surface area contributed by atoms with Crippen LogP contribution in [0.15, 0.2) is 23.5 Å². The summed E-state index contributed by atoms with van der Waals surface area (Å²) in [5.41, 5.74) is 0.579. The van der Waals surface area contributed by atoms with Crippen molar-refractivity contribution in [3.05, 3.63) is 23.5 Å². The molecule has 0 spiro atoms. The fourth-order valence-electron chi connectivity index (χ4n) is 1.05. The summed E-state index contributed by atoms with van der Waals surface area (Å²) in [5.74, 6) is 0.521. The van der Waals surface area contributed by atoms with Crippen LogP contribution in [0, 0.1) is 5.92 Å². The van der Waals surface area contributed by atoms with Gasteiger partial charge in [0.2, 0.25) is 6.29 Å². The molecule has 0 unspecified atom stereocenters. The van der Waals surface area contributed by atoms with Crippen molar-refractivity contribution in [1.29, 1.82) is 0 Å². The summed E-state index contributed by atoms with van der Waals surface area (Å²) in [5, 5.41) is 0. The van der Waals surface area contributed by atoms with E-state index in [9.17, 15) is 9.59 Å². The second-order valence-corrected chi connectivity index (χ2v) is 4.34. The molecule has 0 amide bonds. The molecule has 0 aromatic rings. The Kier molecular flexibility index (Phi) is 8.33. The topological polar surface area (TPSA) is 61.8 Å². The molecule has 19 heavy (non-hydrogen) atoms. The molecule has 0 aliphatic rings. The van der Waals surface area contributed by atoms with Crippen LogP contribution in [-0.2, 0) is 19.0 Å². The van der Waals surface area contributed by atoms with E-state index in [1.807, 2.05) is 13.8 Å². The van der Waals surface area contributed by atoms with E-state index in [0.717, 1.165) is 6.29 Å². The summed E-state index contributed by atoms with van der Waals surface area (Å²) in [6.07, 6.45) is 2.55. The average Bonchev–Trinajstić information content (AvgIpc) is 2.35. The number of hydrogen-bond acceptors (Lipinski definition) is 5. The molecule has 0 aliphatic carbocycles. The summed E-state index contributed by atoms with van der Waals surface area (Å²) in [6.45, 7) is 9.09. The number of allylic oxidation sites excluding steroid dienone is 4. The van der Waals surface area contributed by atoms with E-state index < -0.39 is 12.4 Å². The van der Waals surface area contributed by atoms with Gasteiger partial charge in [-0.05, 0) is 32.4 Å². The van der Waals surface area contributed by atoms with Crippen molar-refractivity contribution in [2.45, 2.75) is 40.9 Å². The minimum absolute atomic E-state index is 0.0242. The lowest BCUT2D eigenvalue weighted by Gasteiger charge is -2.22. The minimum atomic E-state index is -0.756.